The van der Waals surface area contributed by atoms with Crippen LogP contribution in [0.1, 0.15) is 39.5 Å². The van der Waals surface area contributed by atoms with Gasteiger partial charge in [-0.3, -0.25) is 14.5 Å². The molecule has 1 N–H and O–H groups in total. The fraction of sp³-hybridized carbons (Fsp3) is 0.846. The zero-order valence-corrected chi connectivity index (χ0v) is 11.4. The van der Waals surface area contributed by atoms with Crippen molar-refractivity contribution in [1.29, 1.82) is 0 Å². The van der Waals surface area contributed by atoms with Gasteiger partial charge < -0.3 is 9.84 Å². The smallest absolute Gasteiger partial charge is 0.235 e. The lowest BCUT2D eigenvalue weighted by molar-refractivity contribution is -0.142. The number of amides is 2. The number of aliphatic hydroxyl groups excluding tert-OH is 1. The van der Waals surface area contributed by atoms with Gasteiger partial charge in [-0.1, -0.05) is 13.8 Å². The van der Waals surface area contributed by atoms with Gasteiger partial charge in [0.1, 0.15) is 0 Å². The number of rotatable bonds is 7. The minimum atomic E-state index is -0.631. The monoisotopic (exact) mass is 257 g/mol. The minimum Gasteiger partial charge on any atom is -0.391 e. The van der Waals surface area contributed by atoms with E-state index in [0.717, 1.165) is 0 Å². The molecule has 0 aromatic heterocycles. The molecule has 1 unspecified atom stereocenters. The van der Waals surface area contributed by atoms with Crippen molar-refractivity contribution >= 4 is 11.8 Å². The number of nitrogens with zero attached hydrogens (tertiary/aromatic N) is 1. The predicted octanol–water partition coefficient (Wildman–Crippen LogP) is 0.949. The lowest BCUT2D eigenvalue weighted by atomic mass is 9.81. The number of imide groups is 1. The Morgan fingerprint density at radius 2 is 2.00 bits per heavy atom. The van der Waals surface area contributed by atoms with Crippen molar-refractivity contribution in [3.63, 3.8) is 0 Å². The molecule has 2 amide bonds. The van der Waals surface area contributed by atoms with Crippen LogP contribution in [-0.2, 0) is 14.3 Å². The molecule has 1 heterocycles. The second kappa shape index (κ2) is 6.29. The van der Waals surface area contributed by atoms with Gasteiger partial charge in [-0.15, -0.1) is 0 Å². The summed E-state index contributed by atoms with van der Waals surface area (Å²) in [5, 5.41) is 9.55. The Balaban J connectivity index is 2.62. The maximum Gasteiger partial charge on any atom is 0.235 e. The molecule has 18 heavy (non-hydrogen) atoms. The minimum absolute atomic E-state index is 0.0814. The van der Waals surface area contributed by atoms with E-state index < -0.39 is 11.5 Å². The normalized spacial score (nSPS) is 20.6. The maximum atomic E-state index is 12.3. The second-order valence-electron chi connectivity index (χ2n) is 4.91. The summed E-state index contributed by atoms with van der Waals surface area (Å²) in [6, 6.07) is 0. The second-order valence-corrected chi connectivity index (χ2v) is 4.91. The fourth-order valence-corrected chi connectivity index (χ4v) is 2.44. The number of ether oxygens (including phenoxy) is 1. The van der Waals surface area contributed by atoms with Gasteiger partial charge in [-0.2, -0.15) is 0 Å². The van der Waals surface area contributed by atoms with Gasteiger partial charge in [0.05, 0.1) is 18.1 Å². The van der Waals surface area contributed by atoms with Crippen LogP contribution < -0.4 is 0 Å². The van der Waals surface area contributed by atoms with E-state index in [9.17, 15) is 14.7 Å². The van der Waals surface area contributed by atoms with Crippen LogP contribution in [-0.4, -0.2) is 48.2 Å². The van der Waals surface area contributed by atoms with E-state index in [4.69, 9.17) is 4.74 Å². The molecule has 0 bridgehead atoms. The average molecular weight is 257 g/mol. The Morgan fingerprint density at radius 3 is 2.44 bits per heavy atom. The van der Waals surface area contributed by atoms with Crippen molar-refractivity contribution in [2.45, 2.75) is 45.6 Å². The van der Waals surface area contributed by atoms with E-state index >= 15 is 0 Å². The third-order valence-electron chi connectivity index (χ3n) is 3.89. The molecule has 0 spiro atoms. The first kappa shape index (κ1) is 15.1. The van der Waals surface area contributed by atoms with Crippen molar-refractivity contribution in [3.05, 3.63) is 0 Å². The quantitative estimate of drug-likeness (QED) is 0.690. The predicted molar refractivity (Wildman–Crippen MR) is 66.9 cm³/mol. The molecular weight excluding hydrogens is 234 g/mol. The molecule has 104 valence electrons. The molecule has 5 heteroatoms. The van der Waals surface area contributed by atoms with Crippen LogP contribution in [0, 0.1) is 5.41 Å². The Morgan fingerprint density at radius 1 is 1.39 bits per heavy atom. The molecule has 1 aliphatic rings. The number of aliphatic hydroxyl groups is 1. The van der Waals surface area contributed by atoms with Crippen LogP contribution in [0.2, 0.25) is 0 Å². The van der Waals surface area contributed by atoms with Crippen LogP contribution in [0.5, 0.6) is 0 Å². The van der Waals surface area contributed by atoms with Crippen LogP contribution in [0.4, 0.5) is 0 Å². The Kier molecular flexibility index (Phi) is 5.28. The first-order chi connectivity index (χ1) is 8.50. The molecule has 1 aliphatic heterocycles. The molecule has 0 aromatic rings. The third kappa shape index (κ3) is 2.90. The number of hydrogen-bond donors (Lipinski definition) is 1. The number of hydrogen-bond acceptors (Lipinski definition) is 4. The van der Waals surface area contributed by atoms with Gasteiger partial charge in [-0.05, 0) is 19.3 Å². The summed E-state index contributed by atoms with van der Waals surface area (Å²) >= 11 is 0. The molecule has 1 atom stereocenters. The highest BCUT2D eigenvalue weighted by atomic mass is 16.5. The molecule has 1 rings (SSSR count). The van der Waals surface area contributed by atoms with Crippen molar-refractivity contribution in [1.82, 2.24) is 4.90 Å². The number of methoxy groups -OCH3 is 1. The first-order valence-electron chi connectivity index (χ1n) is 6.52. The van der Waals surface area contributed by atoms with E-state index in [2.05, 4.69) is 0 Å². The number of likely N-dealkylation sites (tertiary alicyclic amines) is 1. The summed E-state index contributed by atoms with van der Waals surface area (Å²) in [6.07, 6.45) is 1.42. The van der Waals surface area contributed by atoms with Crippen LogP contribution in [0.15, 0.2) is 0 Å². The van der Waals surface area contributed by atoms with E-state index in [1.807, 2.05) is 13.8 Å². The molecule has 0 saturated carbocycles. The topological polar surface area (TPSA) is 66.8 Å². The molecule has 0 aliphatic carbocycles. The maximum absolute atomic E-state index is 12.3. The standard InChI is InChI=1S/C13H23NO4/c1-4-13(5-2)8-11(16)14(12(13)17)7-6-10(15)9-18-3/h10,15H,4-9H2,1-3H3. The number of carbonyl (C=O) groups is 2. The Labute approximate surface area is 108 Å². The summed E-state index contributed by atoms with van der Waals surface area (Å²) in [5.74, 6) is -0.199. The highest BCUT2D eigenvalue weighted by molar-refractivity contribution is 6.05. The molecule has 0 radical (unpaired) electrons. The molecule has 0 aromatic carbocycles. The summed E-state index contributed by atoms with van der Waals surface area (Å²) in [4.78, 5) is 25.4. The summed E-state index contributed by atoms with van der Waals surface area (Å²) in [7, 11) is 1.51. The van der Waals surface area contributed by atoms with Crippen molar-refractivity contribution in [3.8, 4) is 0 Å². The summed E-state index contributed by atoms with van der Waals surface area (Å²) in [5.41, 5.74) is -0.511. The van der Waals surface area contributed by atoms with Crippen molar-refractivity contribution in [2.75, 3.05) is 20.3 Å². The van der Waals surface area contributed by atoms with Crippen LogP contribution in [0.3, 0.4) is 0 Å². The van der Waals surface area contributed by atoms with E-state index in [1.165, 1.54) is 12.0 Å². The average Bonchev–Trinajstić information content (AvgIpc) is 2.59. The van der Waals surface area contributed by atoms with Crippen LogP contribution in [0.25, 0.3) is 0 Å². The molecule has 1 fully saturated rings. The Hall–Kier alpha value is -0.940. The van der Waals surface area contributed by atoms with Gasteiger partial charge in [-0.25, -0.2) is 0 Å². The van der Waals surface area contributed by atoms with Crippen molar-refractivity contribution in [2.24, 2.45) is 5.41 Å². The largest absolute Gasteiger partial charge is 0.391 e. The first-order valence-corrected chi connectivity index (χ1v) is 6.52. The van der Waals surface area contributed by atoms with E-state index in [1.54, 1.807) is 0 Å². The highest BCUT2D eigenvalue weighted by Crippen LogP contribution is 2.39. The molecule has 1 saturated heterocycles. The van der Waals surface area contributed by atoms with Gasteiger partial charge in [0.25, 0.3) is 0 Å². The Bertz CT molecular complexity index is 312. The lowest BCUT2D eigenvalue weighted by Crippen LogP contribution is -2.37. The van der Waals surface area contributed by atoms with Crippen LogP contribution >= 0.6 is 0 Å². The third-order valence-corrected chi connectivity index (χ3v) is 3.89. The lowest BCUT2D eigenvalue weighted by Gasteiger charge is -2.24. The van der Waals surface area contributed by atoms with Gasteiger partial charge >= 0.3 is 0 Å². The summed E-state index contributed by atoms with van der Waals surface area (Å²) < 4.78 is 4.82. The van der Waals surface area contributed by atoms with Gasteiger partial charge in [0, 0.05) is 20.1 Å². The van der Waals surface area contributed by atoms with Crippen molar-refractivity contribution < 1.29 is 19.4 Å². The number of carbonyl (C=O) groups excluding carboxylic acids is 2. The van der Waals surface area contributed by atoms with Gasteiger partial charge in [0.15, 0.2) is 0 Å². The molecule has 5 nitrogen and oxygen atoms in total. The fourth-order valence-electron chi connectivity index (χ4n) is 2.44. The zero-order valence-electron chi connectivity index (χ0n) is 11.4. The van der Waals surface area contributed by atoms with E-state index in [-0.39, 0.29) is 25.0 Å². The highest BCUT2D eigenvalue weighted by Gasteiger charge is 2.48. The zero-order chi connectivity index (χ0) is 13.8. The SMILES string of the molecule is CCC1(CC)CC(=O)N(CCC(O)COC)C1=O. The molecular formula is C13H23NO4. The summed E-state index contributed by atoms with van der Waals surface area (Å²) in [6.45, 7) is 4.39. The van der Waals surface area contributed by atoms with Gasteiger partial charge in [0.2, 0.25) is 11.8 Å². The van der Waals surface area contributed by atoms with E-state index in [0.29, 0.717) is 25.7 Å².